The highest BCUT2D eigenvalue weighted by molar-refractivity contribution is 7.14. The molecule has 0 fully saturated rings. The molecule has 4 aromatic rings. The summed E-state index contributed by atoms with van der Waals surface area (Å²) in [4.78, 5) is 18.3. The van der Waals surface area contributed by atoms with Crippen LogP contribution < -0.4 is 10.1 Å². The monoisotopic (exact) mass is 377 g/mol. The number of nitrogens with zero attached hydrogens (tertiary/aromatic N) is 4. The number of amides is 1. The standard InChI is InChI=1S/C19H15N5O2S/c1-26-15-9-7-13(8-10-15)17-12-27-19(21-17)22-18(25)16-11-20-24(23-16)14-5-3-2-4-6-14/h2-12H,1H3,(H,21,22,25). The number of carbonyl (C=O) groups excluding carboxylic acids is 1. The maximum atomic E-state index is 12.4. The van der Waals surface area contributed by atoms with E-state index in [-0.39, 0.29) is 11.6 Å². The lowest BCUT2D eigenvalue weighted by molar-refractivity contribution is 0.102. The fraction of sp³-hybridized carbons (Fsp3) is 0.0526. The molecular formula is C19H15N5O2S. The van der Waals surface area contributed by atoms with Crippen molar-refractivity contribution in [2.24, 2.45) is 0 Å². The molecule has 7 nitrogen and oxygen atoms in total. The van der Waals surface area contributed by atoms with Crippen LogP contribution in [0.2, 0.25) is 0 Å². The van der Waals surface area contributed by atoms with Crippen LogP contribution >= 0.6 is 11.3 Å². The first-order valence-corrected chi connectivity index (χ1v) is 9.00. The van der Waals surface area contributed by atoms with Crippen LogP contribution in [0.4, 0.5) is 5.13 Å². The van der Waals surface area contributed by atoms with E-state index in [2.05, 4.69) is 20.5 Å². The number of thiazole rings is 1. The van der Waals surface area contributed by atoms with Crippen LogP contribution in [0.3, 0.4) is 0 Å². The van der Waals surface area contributed by atoms with Crippen LogP contribution in [0.5, 0.6) is 5.75 Å². The minimum absolute atomic E-state index is 0.222. The van der Waals surface area contributed by atoms with E-state index in [9.17, 15) is 4.79 Å². The summed E-state index contributed by atoms with van der Waals surface area (Å²) in [6, 6.07) is 17.0. The van der Waals surface area contributed by atoms with Crippen molar-refractivity contribution in [1.82, 2.24) is 20.0 Å². The molecule has 0 aliphatic heterocycles. The van der Waals surface area contributed by atoms with E-state index in [0.717, 1.165) is 22.7 Å². The van der Waals surface area contributed by atoms with Crippen LogP contribution in [0.15, 0.2) is 66.2 Å². The van der Waals surface area contributed by atoms with Gasteiger partial charge in [0.25, 0.3) is 5.91 Å². The summed E-state index contributed by atoms with van der Waals surface area (Å²) >= 11 is 1.35. The van der Waals surface area contributed by atoms with Crippen LogP contribution in [-0.2, 0) is 0 Å². The SMILES string of the molecule is COc1ccc(-c2csc(NC(=O)c3cnn(-c4ccccc4)n3)n2)cc1. The molecule has 0 bridgehead atoms. The number of ether oxygens (including phenoxy) is 1. The molecule has 4 rings (SSSR count). The van der Waals surface area contributed by atoms with Gasteiger partial charge in [0.15, 0.2) is 10.8 Å². The molecule has 134 valence electrons. The zero-order valence-electron chi connectivity index (χ0n) is 14.4. The van der Waals surface area contributed by atoms with E-state index < -0.39 is 0 Å². The summed E-state index contributed by atoms with van der Waals surface area (Å²) in [6.07, 6.45) is 1.43. The molecule has 1 N–H and O–H groups in total. The van der Waals surface area contributed by atoms with E-state index in [4.69, 9.17) is 4.74 Å². The van der Waals surface area contributed by atoms with E-state index >= 15 is 0 Å². The second-order valence-electron chi connectivity index (χ2n) is 5.58. The molecule has 0 saturated carbocycles. The molecule has 0 radical (unpaired) electrons. The van der Waals surface area contributed by atoms with Gasteiger partial charge in [-0.1, -0.05) is 18.2 Å². The van der Waals surface area contributed by atoms with Crippen LogP contribution in [0.1, 0.15) is 10.5 Å². The van der Waals surface area contributed by atoms with Crippen LogP contribution in [0, 0.1) is 0 Å². The van der Waals surface area contributed by atoms with E-state index in [1.165, 1.54) is 22.3 Å². The Kier molecular flexibility index (Phi) is 4.63. The molecule has 2 heterocycles. The van der Waals surface area contributed by atoms with E-state index in [1.54, 1.807) is 7.11 Å². The molecule has 2 aromatic heterocycles. The Balaban J connectivity index is 1.47. The summed E-state index contributed by atoms with van der Waals surface area (Å²) < 4.78 is 5.16. The number of para-hydroxylation sites is 1. The number of hydrogen-bond acceptors (Lipinski definition) is 6. The van der Waals surface area contributed by atoms with Crippen molar-refractivity contribution in [2.45, 2.75) is 0 Å². The third kappa shape index (κ3) is 3.70. The van der Waals surface area contributed by atoms with Crippen molar-refractivity contribution < 1.29 is 9.53 Å². The molecule has 2 aromatic carbocycles. The summed E-state index contributed by atoms with van der Waals surface area (Å²) in [5, 5.41) is 13.5. The molecule has 0 saturated heterocycles. The minimum atomic E-state index is -0.354. The van der Waals surface area contributed by atoms with Gasteiger partial charge in [0.05, 0.1) is 24.7 Å². The van der Waals surface area contributed by atoms with Gasteiger partial charge in [0, 0.05) is 10.9 Å². The highest BCUT2D eigenvalue weighted by Gasteiger charge is 2.14. The van der Waals surface area contributed by atoms with Gasteiger partial charge >= 0.3 is 0 Å². The lowest BCUT2D eigenvalue weighted by atomic mass is 10.2. The Hall–Kier alpha value is -3.52. The van der Waals surface area contributed by atoms with Gasteiger partial charge in [0.2, 0.25) is 0 Å². The Labute approximate surface area is 159 Å². The number of hydrogen-bond donors (Lipinski definition) is 1. The number of benzene rings is 2. The topological polar surface area (TPSA) is 81.9 Å². The Morgan fingerprint density at radius 1 is 1.11 bits per heavy atom. The summed E-state index contributed by atoms with van der Waals surface area (Å²) in [5.74, 6) is 0.428. The predicted molar refractivity (Wildman–Crippen MR) is 103 cm³/mol. The predicted octanol–water partition coefficient (Wildman–Crippen LogP) is 3.65. The fourth-order valence-electron chi connectivity index (χ4n) is 2.44. The molecule has 0 atom stereocenters. The first kappa shape index (κ1) is 16.9. The van der Waals surface area contributed by atoms with Crippen LogP contribution in [-0.4, -0.2) is 33.0 Å². The van der Waals surface area contributed by atoms with Gasteiger partial charge in [-0.15, -0.1) is 16.4 Å². The number of rotatable bonds is 5. The first-order chi connectivity index (χ1) is 13.2. The van der Waals surface area contributed by atoms with Gasteiger partial charge in [-0.25, -0.2) is 4.98 Å². The zero-order valence-corrected chi connectivity index (χ0v) is 15.2. The largest absolute Gasteiger partial charge is 0.497 e. The van der Waals surface area contributed by atoms with Crippen molar-refractivity contribution >= 4 is 22.4 Å². The van der Waals surface area contributed by atoms with Gasteiger partial charge in [0.1, 0.15) is 5.75 Å². The van der Waals surface area contributed by atoms with Gasteiger partial charge < -0.3 is 4.74 Å². The van der Waals surface area contributed by atoms with Gasteiger partial charge in [-0.3, -0.25) is 10.1 Å². The molecule has 1 amide bonds. The average Bonchev–Trinajstić information content (AvgIpc) is 3.39. The number of nitrogens with one attached hydrogen (secondary N) is 1. The summed E-state index contributed by atoms with van der Waals surface area (Å²) in [6.45, 7) is 0. The Bertz CT molecular complexity index is 1060. The normalized spacial score (nSPS) is 10.6. The highest BCUT2D eigenvalue weighted by Crippen LogP contribution is 2.26. The van der Waals surface area contributed by atoms with Crippen molar-refractivity contribution in [3.8, 4) is 22.7 Å². The first-order valence-electron chi connectivity index (χ1n) is 8.12. The van der Waals surface area contributed by atoms with Crippen molar-refractivity contribution in [3.63, 3.8) is 0 Å². The van der Waals surface area contributed by atoms with E-state index in [1.807, 2.05) is 60.0 Å². The Morgan fingerprint density at radius 3 is 2.63 bits per heavy atom. The maximum absolute atomic E-state index is 12.4. The molecule has 0 spiro atoms. The van der Waals surface area contributed by atoms with Gasteiger partial charge in [-0.2, -0.15) is 9.90 Å². The molecule has 8 heteroatoms. The number of carbonyl (C=O) groups is 1. The quantitative estimate of drug-likeness (QED) is 0.574. The smallest absolute Gasteiger partial charge is 0.279 e. The molecular weight excluding hydrogens is 362 g/mol. The number of anilines is 1. The summed E-state index contributed by atoms with van der Waals surface area (Å²) in [7, 11) is 1.62. The van der Waals surface area contributed by atoms with Crippen molar-refractivity contribution in [2.75, 3.05) is 12.4 Å². The fourth-order valence-corrected chi connectivity index (χ4v) is 3.15. The van der Waals surface area contributed by atoms with Crippen LogP contribution in [0.25, 0.3) is 16.9 Å². The van der Waals surface area contributed by atoms with E-state index in [0.29, 0.717) is 5.13 Å². The second kappa shape index (κ2) is 7.38. The van der Waals surface area contributed by atoms with Crippen molar-refractivity contribution in [3.05, 3.63) is 71.9 Å². The molecule has 0 aliphatic rings. The second-order valence-corrected chi connectivity index (χ2v) is 6.43. The molecule has 0 aliphatic carbocycles. The Morgan fingerprint density at radius 2 is 1.89 bits per heavy atom. The summed E-state index contributed by atoms with van der Waals surface area (Å²) in [5.41, 5.74) is 2.74. The highest BCUT2D eigenvalue weighted by atomic mass is 32.1. The molecule has 0 unspecified atom stereocenters. The third-order valence-electron chi connectivity index (χ3n) is 3.82. The number of methoxy groups -OCH3 is 1. The zero-order chi connectivity index (χ0) is 18.6. The minimum Gasteiger partial charge on any atom is -0.497 e. The third-order valence-corrected chi connectivity index (χ3v) is 4.58. The maximum Gasteiger partial charge on any atom is 0.279 e. The molecule has 27 heavy (non-hydrogen) atoms. The number of aromatic nitrogens is 4. The van der Waals surface area contributed by atoms with Gasteiger partial charge in [-0.05, 0) is 36.4 Å². The van der Waals surface area contributed by atoms with Crippen molar-refractivity contribution in [1.29, 1.82) is 0 Å². The average molecular weight is 377 g/mol. The lowest BCUT2D eigenvalue weighted by Gasteiger charge is -2.01. The lowest BCUT2D eigenvalue weighted by Crippen LogP contribution is -2.13.